The first-order valence-electron chi connectivity index (χ1n) is 22.1. The Bertz CT molecular complexity index is 3240. The molecule has 62 heavy (non-hydrogen) atoms. The maximum atomic E-state index is 2.62. The number of hydrogen-bond donors (Lipinski definition) is 0. The summed E-state index contributed by atoms with van der Waals surface area (Å²) < 4.78 is 2.50. The second-order valence-electron chi connectivity index (χ2n) is 18.7. The van der Waals surface area contributed by atoms with Crippen LogP contribution in [0.25, 0.3) is 55.2 Å². The highest BCUT2D eigenvalue weighted by Gasteiger charge is 2.62. The Labute approximate surface area is 364 Å². The molecule has 2 nitrogen and oxygen atoms in total. The number of fused-ring (bicyclic) bond motifs is 13. The van der Waals surface area contributed by atoms with E-state index in [1.54, 1.807) is 0 Å². The lowest BCUT2D eigenvalue weighted by molar-refractivity contribution is 0.369. The third-order valence-electron chi connectivity index (χ3n) is 14.3. The second kappa shape index (κ2) is 13.4. The molecule has 0 fully saturated rings. The minimum Gasteiger partial charge on any atom is -0.335 e. The maximum absolute atomic E-state index is 2.62. The number of hydrogen-bond acceptors (Lipinski definition) is 1. The van der Waals surface area contributed by atoms with Crippen molar-refractivity contribution in [2.45, 2.75) is 44.1 Å². The SMILES string of the molecule is CC12C=CC(N(c3ccccc3)c3ccc(-c4ccccc4)cc3)=CC1C1(c3ccccc3-c3ccccc31)c1cc(-c3ccc4c(c3)c3ccccc3n4C(C)(C)C)ccc12. The summed E-state index contributed by atoms with van der Waals surface area (Å²) in [6.45, 7) is 9.39. The van der Waals surface area contributed by atoms with Gasteiger partial charge in [-0.25, -0.2) is 0 Å². The summed E-state index contributed by atoms with van der Waals surface area (Å²) in [7, 11) is 0. The third-order valence-corrected chi connectivity index (χ3v) is 14.3. The normalized spacial score (nSPS) is 18.1. The predicted molar refractivity (Wildman–Crippen MR) is 260 cm³/mol. The molecule has 1 spiro atoms. The molecule has 0 saturated carbocycles. The zero-order chi connectivity index (χ0) is 41.8. The van der Waals surface area contributed by atoms with Crippen LogP contribution in [0, 0.1) is 5.92 Å². The van der Waals surface area contributed by atoms with Gasteiger partial charge in [0.2, 0.25) is 0 Å². The highest BCUT2D eigenvalue weighted by Crippen LogP contribution is 2.68. The van der Waals surface area contributed by atoms with E-state index in [2.05, 4.69) is 250 Å². The zero-order valence-corrected chi connectivity index (χ0v) is 35.7. The van der Waals surface area contributed by atoms with Gasteiger partial charge in [0.05, 0.1) is 5.41 Å². The van der Waals surface area contributed by atoms with Gasteiger partial charge in [-0.05, 0) is 131 Å². The number of nitrogens with zero attached hydrogens (tertiary/aromatic N) is 2. The van der Waals surface area contributed by atoms with Crippen LogP contribution in [-0.4, -0.2) is 4.57 Å². The number of anilines is 2. The minimum atomic E-state index is -0.421. The van der Waals surface area contributed by atoms with Crippen molar-refractivity contribution >= 4 is 33.2 Å². The first kappa shape index (κ1) is 36.7. The van der Waals surface area contributed by atoms with Crippen LogP contribution in [-0.2, 0) is 16.4 Å². The molecule has 2 unspecified atom stereocenters. The van der Waals surface area contributed by atoms with E-state index in [0.717, 1.165) is 11.4 Å². The van der Waals surface area contributed by atoms with E-state index in [9.17, 15) is 0 Å². The smallest absolute Gasteiger partial charge is 0.0541 e. The molecule has 0 N–H and O–H groups in total. The summed E-state index contributed by atoms with van der Waals surface area (Å²) in [4.78, 5) is 2.45. The Morgan fingerprint density at radius 2 is 1.02 bits per heavy atom. The number of benzene rings is 8. The highest BCUT2D eigenvalue weighted by molar-refractivity contribution is 6.09. The fourth-order valence-electron chi connectivity index (χ4n) is 11.7. The maximum Gasteiger partial charge on any atom is 0.0541 e. The molecular formula is C60H48N2. The number of rotatable bonds is 5. The fourth-order valence-corrected chi connectivity index (χ4v) is 11.7. The Morgan fingerprint density at radius 1 is 0.468 bits per heavy atom. The van der Waals surface area contributed by atoms with Crippen molar-refractivity contribution in [2.75, 3.05) is 4.90 Å². The van der Waals surface area contributed by atoms with E-state index in [-0.39, 0.29) is 16.9 Å². The molecule has 0 radical (unpaired) electrons. The van der Waals surface area contributed by atoms with Gasteiger partial charge in [-0.15, -0.1) is 0 Å². The lowest BCUT2D eigenvalue weighted by Gasteiger charge is -2.42. The first-order chi connectivity index (χ1) is 30.2. The molecule has 298 valence electrons. The van der Waals surface area contributed by atoms with Gasteiger partial charge < -0.3 is 9.47 Å². The second-order valence-corrected chi connectivity index (χ2v) is 18.7. The van der Waals surface area contributed by atoms with Gasteiger partial charge >= 0.3 is 0 Å². The van der Waals surface area contributed by atoms with Crippen LogP contribution < -0.4 is 4.90 Å². The summed E-state index contributed by atoms with van der Waals surface area (Å²) in [6, 6.07) is 72.4. The monoisotopic (exact) mass is 796 g/mol. The summed E-state index contributed by atoms with van der Waals surface area (Å²) in [5, 5.41) is 2.60. The van der Waals surface area contributed by atoms with Gasteiger partial charge in [-0.1, -0.05) is 165 Å². The predicted octanol–water partition coefficient (Wildman–Crippen LogP) is 15.4. The molecule has 0 amide bonds. The Hall–Kier alpha value is -7.16. The Balaban J connectivity index is 1.07. The molecule has 0 saturated heterocycles. The van der Waals surface area contributed by atoms with Crippen LogP contribution in [0.3, 0.4) is 0 Å². The van der Waals surface area contributed by atoms with Crippen LogP contribution >= 0.6 is 0 Å². The molecule has 2 atom stereocenters. The fraction of sp³-hybridized carbons (Fsp3) is 0.133. The van der Waals surface area contributed by atoms with E-state index >= 15 is 0 Å². The number of aromatic nitrogens is 1. The molecule has 8 aromatic carbocycles. The summed E-state index contributed by atoms with van der Waals surface area (Å²) >= 11 is 0. The largest absolute Gasteiger partial charge is 0.335 e. The standard InChI is InChI=1S/C60H48N2/c1-58(2,3)62-55-26-16-13-23-49(55)50-37-42(30-34-56(50)62)43-29-33-53-54(38-43)60(51-24-14-11-21-47(51)48-22-12-15-25-52(48)60)57-39-46(35-36-59(53,57)4)61(44-19-9-6-10-20-44)45-31-27-41(28-32-45)40-17-7-5-8-18-40/h5-39,57H,1-4H3. The first-order valence-corrected chi connectivity index (χ1v) is 22.1. The van der Waals surface area contributed by atoms with E-state index in [1.807, 2.05) is 0 Å². The molecule has 12 rings (SSSR count). The average molecular weight is 797 g/mol. The minimum absolute atomic E-state index is 0.0561. The van der Waals surface area contributed by atoms with Crippen LogP contribution in [0.2, 0.25) is 0 Å². The Kier molecular flexibility index (Phi) is 7.94. The molecule has 2 heteroatoms. The van der Waals surface area contributed by atoms with E-state index in [1.165, 1.54) is 83.1 Å². The van der Waals surface area contributed by atoms with Crippen molar-refractivity contribution in [3.8, 4) is 33.4 Å². The van der Waals surface area contributed by atoms with Gasteiger partial charge in [0.1, 0.15) is 0 Å². The van der Waals surface area contributed by atoms with Gasteiger partial charge in [0.25, 0.3) is 0 Å². The molecule has 0 aliphatic heterocycles. The molecule has 3 aliphatic carbocycles. The van der Waals surface area contributed by atoms with Crippen molar-refractivity contribution in [1.82, 2.24) is 4.57 Å². The van der Waals surface area contributed by atoms with E-state index < -0.39 is 5.41 Å². The molecule has 3 aliphatic rings. The van der Waals surface area contributed by atoms with Crippen molar-refractivity contribution in [3.63, 3.8) is 0 Å². The van der Waals surface area contributed by atoms with Crippen LogP contribution in [0.15, 0.2) is 218 Å². The van der Waals surface area contributed by atoms with Gasteiger partial charge in [0, 0.05) is 55.7 Å². The Morgan fingerprint density at radius 3 is 1.73 bits per heavy atom. The van der Waals surface area contributed by atoms with Crippen LogP contribution in [0.1, 0.15) is 49.9 Å². The lowest BCUT2D eigenvalue weighted by atomic mass is 9.61. The summed E-state index contributed by atoms with van der Waals surface area (Å²) in [6.07, 6.45) is 7.52. The summed E-state index contributed by atoms with van der Waals surface area (Å²) in [5.41, 5.74) is 18.4. The molecule has 9 aromatic rings. The average Bonchev–Trinajstić information content (AvgIpc) is 3.89. The highest BCUT2D eigenvalue weighted by atomic mass is 15.1. The summed E-state index contributed by atoms with van der Waals surface area (Å²) in [5.74, 6) is 0.0899. The lowest BCUT2D eigenvalue weighted by Crippen LogP contribution is -2.40. The van der Waals surface area contributed by atoms with Crippen molar-refractivity contribution in [1.29, 1.82) is 0 Å². The quantitative estimate of drug-likeness (QED) is 0.168. The van der Waals surface area contributed by atoms with Gasteiger partial charge in [0.15, 0.2) is 0 Å². The third kappa shape index (κ3) is 5.16. The van der Waals surface area contributed by atoms with Crippen molar-refractivity contribution < 1.29 is 0 Å². The van der Waals surface area contributed by atoms with Gasteiger partial charge in [-0.2, -0.15) is 0 Å². The van der Waals surface area contributed by atoms with Crippen molar-refractivity contribution in [3.05, 3.63) is 240 Å². The zero-order valence-electron chi connectivity index (χ0n) is 35.7. The molecule has 1 heterocycles. The topological polar surface area (TPSA) is 8.17 Å². The van der Waals surface area contributed by atoms with E-state index in [4.69, 9.17) is 0 Å². The van der Waals surface area contributed by atoms with Crippen molar-refractivity contribution in [2.24, 2.45) is 5.92 Å². The van der Waals surface area contributed by atoms with Crippen LogP contribution in [0.4, 0.5) is 11.4 Å². The molecular weight excluding hydrogens is 749 g/mol. The van der Waals surface area contributed by atoms with Gasteiger partial charge in [-0.3, -0.25) is 0 Å². The molecule has 0 bridgehead atoms. The van der Waals surface area contributed by atoms with Crippen LogP contribution in [0.5, 0.6) is 0 Å². The van der Waals surface area contributed by atoms with E-state index in [0.29, 0.717) is 0 Å². The number of para-hydroxylation sites is 2. The number of allylic oxidation sites excluding steroid dienone is 3. The molecule has 1 aromatic heterocycles.